The molecule has 0 fully saturated rings. The third kappa shape index (κ3) is 5.70. The summed E-state index contributed by atoms with van der Waals surface area (Å²) in [6, 6.07) is 15.2. The van der Waals surface area contributed by atoms with Gasteiger partial charge in [-0.1, -0.05) is 37.3 Å². The van der Waals surface area contributed by atoms with Crippen LogP contribution in [0.25, 0.3) is 10.8 Å². The van der Waals surface area contributed by atoms with Gasteiger partial charge < -0.3 is 10.1 Å². The van der Waals surface area contributed by atoms with Gasteiger partial charge in [0.2, 0.25) is 0 Å². The molecule has 21 heavy (non-hydrogen) atoms. The second kappa shape index (κ2) is 9.08. The van der Waals surface area contributed by atoms with E-state index in [2.05, 4.69) is 54.7 Å². The van der Waals surface area contributed by atoms with Gasteiger partial charge in [0.1, 0.15) is 0 Å². The van der Waals surface area contributed by atoms with Gasteiger partial charge in [0.15, 0.2) is 0 Å². The van der Waals surface area contributed by atoms with Gasteiger partial charge in [-0.05, 0) is 42.8 Å². The predicted octanol–water partition coefficient (Wildman–Crippen LogP) is 4.34. The first-order valence-electron chi connectivity index (χ1n) is 7.73. The fourth-order valence-electron chi connectivity index (χ4n) is 2.26. The van der Waals surface area contributed by atoms with E-state index in [1.807, 2.05) is 18.7 Å². The van der Waals surface area contributed by atoms with E-state index in [0.717, 1.165) is 32.7 Å². The molecule has 0 radical (unpaired) electrons. The van der Waals surface area contributed by atoms with E-state index in [9.17, 15) is 0 Å². The molecule has 2 rings (SSSR count). The number of benzene rings is 2. The fraction of sp³-hybridized carbons (Fsp3) is 0.444. The summed E-state index contributed by atoms with van der Waals surface area (Å²) in [7, 11) is 0. The second-order valence-corrected chi connectivity index (χ2v) is 6.70. The summed E-state index contributed by atoms with van der Waals surface area (Å²) in [4.78, 5) is 1.34. The summed E-state index contributed by atoms with van der Waals surface area (Å²) in [5.74, 6) is 0. The van der Waals surface area contributed by atoms with Crippen LogP contribution in [-0.4, -0.2) is 31.6 Å². The van der Waals surface area contributed by atoms with Crippen LogP contribution in [-0.2, 0) is 4.74 Å². The number of hydrogen-bond donors (Lipinski definition) is 1. The molecule has 2 nitrogen and oxygen atoms in total. The zero-order valence-electron chi connectivity index (χ0n) is 13.0. The van der Waals surface area contributed by atoms with Gasteiger partial charge in [-0.15, -0.1) is 11.8 Å². The van der Waals surface area contributed by atoms with Gasteiger partial charge in [-0.25, -0.2) is 0 Å². The van der Waals surface area contributed by atoms with Crippen LogP contribution in [0.4, 0.5) is 0 Å². The minimum atomic E-state index is 0.568. The maximum absolute atomic E-state index is 5.33. The van der Waals surface area contributed by atoms with E-state index in [1.54, 1.807) is 0 Å². The second-order valence-electron chi connectivity index (χ2n) is 5.19. The van der Waals surface area contributed by atoms with Crippen LogP contribution in [0.5, 0.6) is 0 Å². The largest absolute Gasteiger partial charge is 0.382 e. The monoisotopic (exact) mass is 303 g/mol. The van der Waals surface area contributed by atoms with E-state index in [1.165, 1.54) is 15.7 Å². The SMILES string of the molecule is CCOCCCNCC(C)Sc1ccc2ccccc2c1. The van der Waals surface area contributed by atoms with E-state index < -0.39 is 0 Å². The zero-order chi connectivity index (χ0) is 14.9. The highest BCUT2D eigenvalue weighted by atomic mass is 32.2. The van der Waals surface area contributed by atoms with Crippen molar-refractivity contribution in [3.8, 4) is 0 Å². The Morgan fingerprint density at radius 2 is 1.95 bits per heavy atom. The standard InChI is InChI=1S/C18H25NOS/c1-3-20-12-6-11-19-14-15(2)21-18-10-9-16-7-4-5-8-17(16)13-18/h4-5,7-10,13,15,19H,3,6,11-12,14H2,1-2H3. The van der Waals surface area contributed by atoms with Crippen molar-refractivity contribution in [2.75, 3.05) is 26.3 Å². The first-order valence-corrected chi connectivity index (χ1v) is 8.61. The maximum Gasteiger partial charge on any atom is 0.0477 e. The summed E-state index contributed by atoms with van der Waals surface area (Å²) < 4.78 is 5.33. The van der Waals surface area contributed by atoms with E-state index in [0.29, 0.717) is 5.25 Å². The molecule has 0 saturated carbocycles. The normalized spacial score (nSPS) is 12.7. The van der Waals surface area contributed by atoms with Crippen molar-refractivity contribution in [3.05, 3.63) is 42.5 Å². The first-order chi connectivity index (χ1) is 10.3. The Morgan fingerprint density at radius 1 is 1.14 bits per heavy atom. The van der Waals surface area contributed by atoms with Crippen LogP contribution in [0.2, 0.25) is 0 Å². The molecule has 1 atom stereocenters. The van der Waals surface area contributed by atoms with Crippen molar-refractivity contribution < 1.29 is 4.74 Å². The molecule has 0 aromatic heterocycles. The minimum Gasteiger partial charge on any atom is -0.382 e. The number of ether oxygens (including phenoxy) is 1. The molecular formula is C18H25NOS. The highest BCUT2D eigenvalue weighted by molar-refractivity contribution is 8.00. The van der Waals surface area contributed by atoms with Crippen molar-refractivity contribution in [1.82, 2.24) is 5.32 Å². The Bertz CT molecular complexity index is 543. The Morgan fingerprint density at radius 3 is 2.76 bits per heavy atom. The number of nitrogens with one attached hydrogen (secondary N) is 1. The van der Waals surface area contributed by atoms with Crippen molar-refractivity contribution in [1.29, 1.82) is 0 Å². The van der Waals surface area contributed by atoms with E-state index in [4.69, 9.17) is 4.74 Å². The third-order valence-corrected chi connectivity index (χ3v) is 4.43. The molecule has 0 amide bonds. The summed E-state index contributed by atoms with van der Waals surface area (Å²) >= 11 is 1.93. The lowest BCUT2D eigenvalue weighted by atomic mass is 10.1. The Hall–Kier alpha value is -1.03. The average molecular weight is 303 g/mol. The van der Waals surface area contributed by atoms with E-state index in [-0.39, 0.29) is 0 Å². The van der Waals surface area contributed by atoms with Crippen LogP contribution in [0, 0.1) is 0 Å². The van der Waals surface area contributed by atoms with Crippen LogP contribution >= 0.6 is 11.8 Å². The van der Waals surface area contributed by atoms with Gasteiger partial charge in [0.05, 0.1) is 0 Å². The molecule has 114 valence electrons. The zero-order valence-corrected chi connectivity index (χ0v) is 13.8. The summed E-state index contributed by atoms with van der Waals surface area (Å²) in [5, 5.41) is 6.70. The molecule has 3 heteroatoms. The quantitative estimate of drug-likeness (QED) is 0.550. The molecule has 2 aromatic rings. The Labute approximate surface area is 132 Å². The van der Waals surface area contributed by atoms with Crippen molar-refractivity contribution >= 4 is 22.5 Å². The van der Waals surface area contributed by atoms with Gasteiger partial charge in [-0.3, -0.25) is 0 Å². The molecule has 0 saturated heterocycles. The third-order valence-electron chi connectivity index (χ3n) is 3.34. The topological polar surface area (TPSA) is 21.3 Å². The Balaban J connectivity index is 1.74. The van der Waals surface area contributed by atoms with Crippen LogP contribution < -0.4 is 5.32 Å². The highest BCUT2D eigenvalue weighted by Gasteiger charge is 2.04. The summed E-state index contributed by atoms with van der Waals surface area (Å²) in [6.45, 7) is 8.04. The minimum absolute atomic E-state index is 0.568. The van der Waals surface area contributed by atoms with Gasteiger partial charge in [0.25, 0.3) is 0 Å². The molecule has 0 spiro atoms. The maximum atomic E-state index is 5.33. The molecule has 0 aliphatic carbocycles. The van der Waals surface area contributed by atoms with Gasteiger partial charge in [-0.2, -0.15) is 0 Å². The molecule has 0 bridgehead atoms. The number of rotatable bonds is 9. The molecule has 0 heterocycles. The lowest BCUT2D eigenvalue weighted by Crippen LogP contribution is -2.24. The Kier molecular flexibility index (Phi) is 7.07. The van der Waals surface area contributed by atoms with Crippen molar-refractivity contribution in [2.45, 2.75) is 30.4 Å². The number of hydrogen-bond acceptors (Lipinski definition) is 3. The van der Waals surface area contributed by atoms with Gasteiger partial charge in [0, 0.05) is 29.9 Å². The molecule has 2 aromatic carbocycles. The molecule has 1 N–H and O–H groups in total. The van der Waals surface area contributed by atoms with Gasteiger partial charge >= 0.3 is 0 Å². The smallest absolute Gasteiger partial charge is 0.0477 e. The highest BCUT2D eigenvalue weighted by Crippen LogP contribution is 2.26. The average Bonchev–Trinajstić information content (AvgIpc) is 2.50. The lowest BCUT2D eigenvalue weighted by Gasteiger charge is -2.13. The fourth-order valence-corrected chi connectivity index (χ4v) is 3.27. The summed E-state index contributed by atoms with van der Waals surface area (Å²) in [5.41, 5.74) is 0. The van der Waals surface area contributed by atoms with Crippen LogP contribution in [0.1, 0.15) is 20.3 Å². The van der Waals surface area contributed by atoms with Crippen molar-refractivity contribution in [2.24, 2.45) is 0 Å². The predicted molar refractivity (Wildman–Crippen MR) is 93.2 cm³/mol. The molecule has 1 unspecified atom stereocenters. The first kappa shape index (κ1) is 16.3. The van der Waals surface area contributed by atoms with E-state index >= 15 is 0 Å². The molecule has 0 aliphatic rings. The molecule has 0 aliphatic heterocycles. The van der Waals surface area contributed by atoms with Crippen LogP contribution in [0.3, 0.4) is 0 Å². The van der Waals surface area contributed by atoms with Crippen LogP contribution in [0.15, 0.2) is 47.4 Å². The number of fused-ring (bicyclic) bond motifs is 1. The van der Waals surface area contributed by atoms with Crippen molar-refractivity contribution in [3.63, 3.8) is 0 Å². The number of thioether (sulfide) groups is 1. The molecular weight excluding hydrogens is 278 g/mol. The summed E-state index contributed by atoms with van der Waals surface area (Å²) in [6.07, 6.45) is 1.08. The lowest BCUT2D eigenvalue weighted by molar-refractivity contribution is 0.145.